The van der Waals surface area contributed by atoms with Crippen LogP contribution in [0.1, 0.15) is 39.0 Å². The zero-order chi connectivity index (χ0) is 18.1. The summed E-state index contributed by atoms with van der Waals surface area (Å²) in [6.45, 7) is 6.04. The van der Waals surface area contributed by atoms with E-state index in [4.69, 9.17) is 5.21 Å². The minimum absolute atomic E-state index is 0.182. The van der Waals surface area contributed by atoms with E-state index in [1.807, 2.05) is 6.92 Å². The molecule has 136 valence electrons. The minimum atomic E-state index is -2.15. The summed E-state index contributed by atoms with van der Waals surface area (Å²) in [5.41, 5.74) is 1.25. The van der Waals surface area contributed by atoms with Gasteiger partial charge in [-0.2, -0.15) is 0 Å². The average molecular weight is 343 g/mol. The van der Waals surface area contributed by atoms with E-state index in [9.17, 15) is 18.8 Å². The van der Waals surface area contributed by atoms with Gasteiger partial charge in [0, 0.05) is 13.1 Å². The maximum atomic E-state index is 14.3. The molecule has 3 amide bonds. The second-order valence-electron chi connectivity index (χ2n) is 5.85. The van der Waals surface area contributed by atoms with Crippen LogP contribution in [0, 0.1) is 5.92 Å². The molecule has 3 atom stereocenters. The third-order valence-corrected chi connectivity index (χ3v) is 4.16. The number of rotatable bonds is 9. The van der Waals surface area contributed by atoms with E-state index in [1.165, 1.54) is 16.5 Å². The standard InChI is InChI=1S/C16H26FN3O4/c1-3-5-7-11(13(17)15(22)19-24)16(23)20-10-6-8-12(20)14(21)18-9-4-2/h4,11-13,24H,2-3,5-10H2,1H3,(H,18,21)(H,19,22)/t11-,12+,13+/m1/s1. The first-order chi connectivity index (χ1) is 11.5. The van der Waals surface area contributed by atoms with Crippen molar-refractivity contribution in [3.8, 4) is 0 Å². The molecule has 1 saturated heterocycles. The number of carbonyl (C=O) groups excluding carboxylic acids is 3. The van der Waals surface area contributed by atoms with E-state index in [0.717, 1.165) is 6.42 Å². The molecule has 7 nitrogen and oxygen atoms in total. The highest BCUT2D eigenvalue weighted by molar-refractivity contribution is 5.92. The lowest BCUT2D eigenvalue weighted by atomic mass is 9.94. The fourth-order valence-electron chi connectivity index (χ4n) is 2.87. The van der Waals surface area contributed by atoms with Gasteiger partial charge in [-0.3, -0.25) is 19.6 Å². The highest BCUT2D eigenvalue weighted by atomic mass is 19.1. The predicted octanol–water partition coefficient (Wildman–Crippen LogP) is 0.930. The van der Waals surface area contributed by atoms with E-state index in [-0.39, 0.29) is 18.9 Å². The quantitative estimate of drug-likeness (QED) is 0.329. The zero-order valence-corrected chi connectivity index (χ0v) is 14.0. The SMILES string of the molecule is C=CCNC(=O)[C@@H]1CCCN1C(=O)[C@H](CCCC)[C@H](F)C(=O)NO. The molecule has 0 radical (unpaired) electrons. The van der Waals surface area contributed by atoms with Crippen LogP contribution < -0.4 is 10.8 Å². The van der Waals surface area contributed by atoms with Gasteiger partial charge in [0.25, 0.3) is 5.91 Å². The van der Waals surface area contributed by atoms with Gasteiger partial charge >= 0.3 is 0 Å². The lowest BCUT2D eigenvalue weighted by Crippen LogP contribution is -2.50. The van der Waals surface area contributed by atoms with Crippen molar-refractivity contribution in [2.75, 3.05) is 13.1 Å². The zero-order valence-electron chi connectivity index (χ0n) is 14.0. The number of carbonyl (C=O) groups is 3. The molecule has 0 bridgehead atoms. The van der Waals surface area contributed by atoms with Crippen molar-refractivity contribution in [3.63, 3.8) is 0 Å². The number of hydrogen-bond acceptors (Lipinski definition) is 4. The van der Waals surface area contributed by atoms with Crippen molar-refractivity contribution in [1.29, 1.82) is 0 Å². The Morgan fingerprint density at radius 2 is 2.17 bits per heavy atom. The van der Waals surface area contributed by atoms with Gasteiger partial charge < -0.3 is 10.2 Å². The summed E-state index contributed by atoms with van der Waals surface area (Å²) in [5, 5.41) is 11.3. The number of hydroxylamine groups is 1. The number of halogens is 1. The third-order valence-electron chi connectivity index (χ3n) is 4.16. The Morgan fingerprint density at radius 3 is 2.75 bits per heavy atom. The van der Waals surface area contributed by atoms with Crippen molar-refractivity contribution in [3.05, 3.63) is 12.7 Å². The lowest BCUT2D eigenvalue weighted by molar-refractivity contribution is -0.149. The number of nitrogens with one attached hydrogen (secondary N) is 2. The number of nitrogens with zero attached hydrogens (tertiary/aromatic N) is 1. The van der Waals surface area contributed by atoms with E-state index >= 15 is 0 Å². The molecule has 1 aliphatic heterocycles. The van der Waals surface area contributed by atoms with Crippen molar-refractivity contribution < 1.29 is 24.0 Å². The summed E-state index contributed by atoms with van der Waals surface area (Å²) in [7, 11) is 0. The Bertz CT molecular complexity index is 472. The van der Waals surface area contributed by atoms with Crippen LogP contribution in [0.5, 0.6) is 0 Å². The van der Waals surface area contributed by atoms with Crippen LogP contribution in [-0.2, 0) is 14.4 Å². The number of hydrogen-bond donors (Lipinski definition) is 3. The largest absolute Gasteiger partial charge is 0.351 e. The Kier molecular flexibility index (Phi) is 8.39. The first-order valence-corrected chi connectivity index (χ1v) is 8.25. The molecule has 8 heteroatoms. The Labute approximate surface area is 141 Å². The topological polar surface area (TPSA) is 98.7 Å². The molecule has 0 aliphatic carbocycles. The molecule has 0 aromatic carbocycles. The predicted molar refractivity (Wildman–Crippen MR) is 85.8 cm³/mol. The summed E-state index contributed by atoms with van der Waals surface area (Å²) in [5.74, 6) is -3.31. The molecule has 3 N–H and O–H groups in total. The average Bonchev–Trinajstić information content (AvgIpc) is 3.08. The van der Waals surface area contributed by atoms with Crippen LogP contribution >= 0.6 is 0 Å². The van der Waals surface area contributed by atoms with Gasteiger partial charge in [0.1, 0.15) is 6.04 Å². The van der Waals surface area contributed by atoms with E-state index in [0.29, 0.717) is 25.8 Å². The summed E-state index contributed by atoms with van der Waals surface area (Å²) < 4.78 is 14.3. The van der Waals surface area contributed by atoms with Crippen LogP contribution in [0.3, 0.4) is 0 Å². The lowest BCUT2D eigenvalue weighted by Gasteiger charge is -2.29. The van der Waals surface area contributed by atoms with Crippen molar-refractivity contribution in [2.45, 2.75) is 51.2 Å². The summed E-state index contributed by atoms with van der Waals surface area (Å²) in [6.07, 6.45) is 2.01. The Morgan fingerprint density at radius 1 is 1.46 bits per heavy atom. The molecule has 24 heavy (non-hydrogen) atoms. The molecule has 1 aliphatic rings. The molecule has 1 fully saturated rings. The fraction of sp³-hybridized carbons (Fsp3) is 0.688. The van der Waals surface area contributed by atoms with Crippen molar-refractivity contribution >= 4 is 17.7 Å². The van der Waals surface area contributed by atoms with E-state index in [2.05, 4.69) is 11.9 Å². The van der Waals surface area contributed by atoms with E-state index in [1.54, 1.807) is 0 Å². The summed E-state index contributed by atoms with van der Waals surface area (Å²) >= 11 is 0. The van der Waals surface area contributed by atoms with Crippen LogP contribution in [0.4, 0.5) is 4.39 Å². The highest BCUT2D eigenvalue weighted by Crippen LogP contribution is 2.25. The van der Waals surface area contributed by atoms with Gasteiger partial charge in [0.15, 0.2) is 6.17 Å². The van der Waals surface area contributed by atoms with Gasteiger partial charge in [0.2, 0.25) is 11.8 Å². The first kappa shape index (κ1) is 20.1. The smallest absolute Gasteiger partial charge is 0.278 e. The Hall–Kier alpha value is -1.96. The molecule has 0 spiro atoms. The maximum absolute atomic E-state index is 14.3. The van der Waals surface area contributed by atoms with Crippen molar-refractivity contribution in [2.24, 2.45) is 5.92 Å². The van der Waals surface area contributed by atoms with Crippen molar-refractivity contribution in [1.82, 2.24) is 15.7 Å². The van der Waals surface area contributed by atoms with Gasteiger partial charge in [-0.05, 0) is 19.3 Å². The van der Waals surface area contributed by atoms with E-state index < -0.39 is 29.9 Å². The van der Waals surface area contributed by atoms with Gasteiger partial charge in [-0.1, -0.05) is 25.8 Å². The minimum Gasteiger partial charge on any atom is -0.351 e. The highest BCUT2D eigenvalue weighted by Gasteiger charge is 2.41. The number of likely N-dealkylation sites (tertiary alicyclic amines) is 1. The maximum Gasteiger partial charge on any atom is 0.278 e. The molecule has 1 heterocycles. The van der Waals surface area contributed by atoms with Gasteiger partial charge in [-0.25, -0.2) is 9.87 Å². The van der Waals surface area contributed by atoms with Gasteiger partial charge in [0.05, 0.1) is 5.92 Å². The van der Waals surface area contributed by atoms with Crippen LogP contribution in [0.15, 0.2) is 12.7 Å². The number of amides is 3. The van der Waals surface area contributed by atoms with Crippen LogP contribution in [-0.4, -0.2) is 53.1 Å². The molecule has 0 aromatic heterocycles. The second kappa shape index (κ2) is 10.0. The summed E-state index contributed by atoms with van der Waals surface area (Å²) in [6, 6.07) is -0.661. The monoisotopic (exact) mass is 343 g/mol. The molecule has 1 rings (SSSR count). The second-order valence-corrected chi connectivity index (χ2v) is 5.85. The Balaban J connectivity index is 2.88. The first-order valence-electron chi connectivity index (χ1n) is 8.25. The van der Waals surface area contributed by atoms with Gasteiger partial charge in [-0.15, -0.1) is 6.58 Å². The van der Waals surface area contributed by atoms with Crippen LogP contribution in [0.25, 0.3) is 0 Å². The van der Waals surface area contributed by atoms with Crippen LogP contribution in [0.2, 0.25) is 0 Å². The molecule has 0 saturated carbocycles. The number of unbranched alkanes of at least 4 members (excludes halogenated alkanes) is 1. The fourth-order valence-corrected chi connectivity index (χ4v) is 2.87. The normalized spacial score (nSPS) is 19.5. The number of alkyl halides is 1. The third kappa shape index (κ3) is 5.02. The summed E-state index contributed by atoms with van der Waals surface area (Å²) in [4.78, 5) is 37.6. The molecule has 0 aromatic rings. The molecule has 0 unspecified atom stereocenters. The molecular formula is C16H26FN3O4. The molecular weight excluding hydrogens is 317 g/mol.